The van der Waals surface area contributed by atoms with E-state index >= 15 is 0 Å². The zero-order chi connectivity index (χ0) is 19.8. The van der Waals surface area contributed by atoms with Crippen LogP contribution in [0.3, 0.4) is 0 Å². The predicted octanol–water partition coefficient (Wildman–Crippen LogP) is 1.39. The number of aliphatic hydroxyl groups excluding tert-OH is 1. The maximum atomic E-state index is 12.5. The third-order valence-corrected chi connectivity index (χ3v) is 9.10. The Morgan fingerprint density at radius 1 is 0.889 bits per heavy atom. The van der Waals surface area contributed by atoms with E-state index in [0.717, 1.165) is 0 Å². The molecule has 8 atom stereocenters. The molecule has 0 aliphatic heterocycles. The molecule has 0 aromatic heterocycles. The van der Waals surface area contributed by atoms with Crippen LogP contribution in [0.4, 0.5) is 0 Å². The fourth-order valence-electron chi connectivity index (χ4n) is 7.70. The van der Waals surface area contributed by atoms with Crippen molar-refractivity contribution in [2.45, 2.75) is 82.0 Å². The van der Waals surface area contributed by atoms with Crippen LogP contribution in [-0.2, 0) is 9.59 Å². The van der Waals surface area contributed by atoms with Crippen LogP contribution >= 0.6 is 0 Å². The Labute approximate surface area is 158 Å². The molecule has 4 aliphatic carbocycles. The van der Waals surface area contributed by atoms with Crippen molar-refractivity contribution >= 4 is 11.9 Å². The first-order valence-corrected chi connectivity index (χ1v) is 10.1. The van der Waals surface area contributed by atoms with E-state index in [4.69, 9.17) is 0 Å². The van der Waals surface area contributed by atoms with Gasteiger partial charge in [0.1, 0.15) is 0 Å². The second kappa shape index (κ2) is 5.67. The second-order valence-electron chi connectivity index (χ2n) is 9.77. The van der Waals surface area contributed by atoms with Crippen molar-refractivity contribution < 1.29 is 35.1 Å². The molecular formula is C20H30O7. The molecule has 7 heteroatoms. The maximum absolute atomic E-state index is 12.5. The standard InChI is InChI=1S/C20H30O7/c1-17-6-3-12-13(20(17,27)9-5-14(17)15(22)23)4-7-18(26)10-11(21)2-8-19(12,18)16(24)25/h11-14,21,26-27H,2-10H2,1H3,(H,22,23)(H,24,25)/t11?,12?,13?,14-,17?,18?,19?,20?/m0/s1. The molecule has 4 saturated carbocycles. The highest BCUT2D eigenvalue weighted by Crippen LogP contribution is 2.69. The molecule has 4 fully saturated rings. The minimum absolute atomic E-state index is 0.0516. The molecule has 0 aromatic carbocycles. The molecule has 5 N–H and O–H groups in total. The van der Waals surface area contributed by atoms with E-state index in [1.54, 1.807) is 0 Å². The van der Waals surface area contributed by atoms with Gasteiger partial charge in [-0.05, 0) is 63.2 Å². The summed E-state index contributed by atoms with van der Waals surface area (Å²) in [6.45, 7) is 1.84. The minimum atomic E-state index is -1.48. The number of hydrogen-bond donors (Lipinski definition) is 5. The number of aliphatic hydroxyl groups is 3. The van der Waals surface area contributed by atoms with Crippen LogP contribution in [0.5, 0.6) is 0 Å². The van der Waals surface area contributed by atoms with E-state index in [0.29, 0.717) is 38.5 Å². The molecule has 0 bridgehead atoms. The van der Waals surface area contributed by atoms with Crippen molar-refractivity contribution in [2.75, 3.05) is 0 Å². The Balaban J connectivity index is 1.78. The maximum Gasteiger partial charge on any atom is 0.312 e. The average molecular weight is 382 g/mol. The lowest BCUT2D eigenvalue weighted by Crippen LogP contribution is -2.70. The number of rotatable bonds is 2. The van der Waals surface area contributed by atoms with Crippen LogP contribution in [0.25, 0.3) is 0 Å². The van der Waals surface area contributed by atoms with E-state index in [1.165, 1.54) is 0 Å². The molecule has 152 valence electrons. The summed E-state index contributed by atoms with van der Waals surface area (Å²) < 4.78 is 0. The largest absolute Gasteiger partial charge is 0.481 e. The molecule has 0 radical (unpaired) electrons. The molecule has 0 amide bonds. The predicted molar refractivity (Wildman–Crippen MR) is 93.7 cm³/mol. The third kappa shape index (κ3) is 2.13. The number of carboxylic acid groups (broad SMARTS) is 2. The van der Waals surface area contributed by atoms with Crippen LogP contribution in [0.15, 0.2) is 0 Å². The van der Waals surface area contributed by atoms with Gasteiger partial charge in [0.2, 0.25) is 0 Å². The molecule has 0 heterocycles. The van der Waals surface area contributed by atoms with Gasteiger partial charge < -0.3 is 25.5 Å². The molecule has 7 nitrogen and oxygen atoms in total. The summed E-state index contributed by atoms with van der Waals surface area (Å²) >= 11 is 0. The molecule has 4 rings (SSSR count). The number of fused-ring (bicyclic) bond motifs is 5. The number of aliphatic carboxylic acids is 2. The normalized spacial score (nSPS) is 54.5. The lowest BCUT2D eigenvalue weighted by molar-refractivity contribution is -0.261. The highest BCUT2D eigenvalue weighted by Gasteiger charge is 2.73. The quantitative estimate of drug-likeness (QED) is 0.487. The van der Waals surface area contributed by atoms with Gasteiger partial charge in [-0.25, -0.2) is 0 Å². The summed E-state index contributed by atoms with van der Waals surface area (Å²) in [4.78, 5) is 24.3. The highest BCUT2D eigenvalue weighted by atomic mass is 16.4. The topological polar surface area (TPSA) is 135 Å². The second-order valence-corrected chi connectivity index (χ2v) is 9.77. The monoisotopic (exact) mass is 382 g/mol. The van der Waals surface area contributed by atoms with Crippen LogP contribution in [0, 0.1) is 28.6 Å². The fraction of sp³-hybridized carbons (Fsp3) is 0.900. The lowest BCUT2D eigenvalue weighted by Gasteiger charge is -2.64. The van der Waals surface area contributed by atoms with E-state index in [1.807, 2.05) is 6.92 Å². The number of carboxylic acids is 2. The first kappa shape index (κ1) is 19.2. The Morgan fingerprint density at radius 3 is 2.19 bits per heavy atom. The van der Waals surface area contributed by atoms with Gasteiger partial charge in [-0.15, -0.1) is 0 Å². The smallest absolute Gasteiger partial charge is 0.312 e. The van der Waals surface area contributed by atoms with Gasteiger partial charge in [-0.2, -0.15) is 0 Å². The molecule has 0 spiro atoms. The van der Waals surface area contributed by atoms with E-state index in [-0.39, 0.29) is 25.2 Å². The van der Waals surface area contributed by atoms with Gasteiger partial charge in [-0.1, -0.05) is 6.92 Å². The van der Waals surface area contributed by atoms with Gasteiger partial charge in [0, 0.05) is 11.8 Å². The third-order valence-electron chi connectivity index (χ3n) is 9.10. The van der Waals surface area contributed by atoms with Gasteiger partial charge >= 0.3 is 11.9 Å². The van der Waals surface area contributed by atoms with Crippen molar-refractivity contribution in [1.82, 2.24) is 0 Å². The summed E-state index contributed by atoms with van der Waals surface area (Å²) in [6, 6.07) is 0. The Kier molecular flexibility index (Phi) is 4.02. The van der Waals surface area contributed by atoms with E-state index in [9.17, 15) is 35.1 Å². The SMILES string of the molecule is CC12CCC3C(CCC4(O)CC(O)CCC34C(=O)O)C1(O)CC[C@H]2C(=O)O. The van der Waals surface area contributed by atoms with Gasteiger partial charge in [0.15, 0.2) is 0 Å². The summed E-state index contributed by atoms with van der Waals surface area (Å²) in [5.41, 5.74) is -4.86. The lowest BCUT2D eigenvalue weighted by atomic mass is 9.41. The van der Waals surface area contributed by atoms with Crippen molar-refractivity contribution in [3.05, 3.63) is 0 Å². The minimum Gasteiger partial charge on any atom is -0.481 e. The van der Waals surface area contributed by atoms with Crippen LogP contribution in [0.1, 0.15) is 64.7 Å². The Hall–Kier alpha value is -1.18. The first-order chi connectivity index (χ1) is 12.5. The molecule has 4 aliphatic rings. The van der Waals surface area contributed by atoms with Gasteiger partial charge in [0.05, 0.1) is 28.6 Å². The van der Waals surface area contributed by atoms with Gasteiger partial charge in [0.25, 0.3) is 0 Å². The summed E-state index contributed by atoms with van der Waals surface area (Å²) in [6.07, 6.45) is 2.21. The molecular weight excluding hydrogens is 352 g/mol. The Bertz CT molecular complexity index is 679. The molecule has 0 aromatic rings. The number of hydrogen-bond acceptors (Lipinski definition) is 5. The van der Waals surface area contributed by atoms with E-state index in [2.05, 4.69) is 0 Å². The molecule has 27 heavy (non-hydrogen) atoms. The molecule has 0 saturated heterocycles. The van der Waals surface area contributed by atoms with Crippen LogP contribution < -0.4 is 0 Å². The van der Waals surface area contributed by atoms with Crippen LogP contribution in [0.2, 0.25) is 0 Å². The number of carbonyl (C=O) groups is 2. The zero-order valence-electron chi connectivity index (χ0n) is 15.7. The van der Waals surface area contributed by atoms with Crippen molar-refractivity contribution in [3.8, 4) is 0 Å². The molecule has 7 unspecified atom stereocenters. The Morgan fingerprint density at radius 2 is 1.56 bits per heavy atom. The van der Waals surface area contributed by atoms with Gasteiger partial charge in [-0.3, -0.25) is 9.59 Å². The van der Waals surface area contributed by atoms with Crippen molar-refractivity contribution in [2.24, 2.45) is 28.6 Å². The highest BCUT2D eigenvalue weighted by molar-refractivity contribution is 5.78. The fourth-order valence-corrected chi connectivity index (χ4v) is 7.70. The van der Waals surface area contributed by atoms with E-state index < -0.39 is 51.9 Å². The van der Waals surface area contributed by atoms with Crippen molar-refractivity contribution in [1.29, 1.82) is 0 Å². The average Bonchev–Trinajstić information content (AvgIpc) is 2.85. The van der Waals surface area contributed by atoms with Crippen LogP contribution in [-0.4, -0.2) is 54.8 Å². The summed E-state index contributed by atoms with van der Waals surface area (Å²) in [7, 11) is 0. The van der Waals surface area contributed by atoms with Crippen molar-refractivity contribution in [3.63, 3.8) is 0 Å². The summed E-state index contributed by atoms with van der Waals surface area (Å²) in [5, 5.41) is 53.0. The summed E-state index contributed by atoms with van der Waals surface area (Å²) in [5.74, 6) is -3.32. The zero-order valence-corrected chi connectivity index (χ0v) is 15.7. The first-order valence-electron chi connectivity index (χ1n) is 10.1.